The fourth-order valence-corrected chi connectivity index (χ4v) is 1.25. The van der Waals surface area contributed by atoms with Crippen LogP contribution in [0.1, 0.15) is 19.3 Å². The lowest BCUT2D eigenvalue weighted by Crippen LogP contribution is -2.11. The highest BCUT2D eigenvalue weighted by Gasteiger charge is 2.33. The van der Waals surface area contributed by atoms with Crippen LogP contribution in [0.15, 0.2) is 11.6 Å². The Balaban J connectivity index is 1.90. The molecule has 0 aliphatic heterocycles. The van der Waals surface area contributed by atoms with Crippen molar-refractivity contribution in [1.82, 2.24) is 0 Å². The summed E-state index contributed by atoms with van der Waals surface area (Å²) >= 11 is 0. The van der Waals surface area contributed by atoms with E-state index in [0.717, 1.165) is 5.92 Å². The molecule has 1 saturated carbocycles. The van der Waals surface area contributed by atoms with Gasteiger partial charge in [0.25, 0.3) is 0 Å². The van der Waals surface area contributed by atoms with E-state index in [9.17, 15) is 0 Å². The van der Waals surface area contributed by atoms with E-state index in [1.165, 1.54) is 24.8 Å². The molecule has 2 aliphatic rings. The van der Waals surface area contributed by atoms with Gasteiger partial charge < -0.3 is 5.11 Å². The van der Waals surface area contributed by atoms with Gasteiger partial charge in [0.2, 0.25) is 0 Å². The SMILES string of the molecule is OC1C=C1C1CCC1. The zero-order chi connectivity index (χ0) is 5.56. The summed E-state index contributed by atoms with van der Waals surface area (Å²) in [4.78, 5) is 0. The predicted octanol–water partition coefficient (Wildman–Crippen LogP) is 1.09. The summed E-state index contributed by atoms with van der Waals surface area (Å²) < 4.78 is 0. The van der Waals surface area contributed by atoms with Gasteiger partial charge in [0, 0.05) is 0 Å². The van der Waals surface area contributed by atoms with E-state index in [1.807, 2.05) is 6.08 Å². The summed E-state index contributed by atoms with van der Waals surface area (Å²) in [7, 11) is 0. The maximum absolute atomic E-state index is 8.87. The Hall–Kier alpha value is -0.300. The van der Waals surface area contributed by atoms with Gasteiger partial charge in [-0.2, -0.15) is 0 Å². The first kappa shape index (κ1) is 4.57. The third-order valence-corrected chi connectivity index (χ3v) is 2.16. The smallest absolute Gasteiger partial charge is 0.0939 e. The molecular weight excluding hydrogens is 100 g/mol. The minimum Gasteiger partial charge on any atom is -0.385 e. The van der Waals surface area contributed by atoms with Crippen molar-refractivity contribution in [2.45, 2.75) is 25.4 Å². The summed E-state index contributed by atoms with van der Waals surface area (Å²) in [5.74, 6) is 0.782. The minimum atomic E-state index is -0.111. The van der Waals surface area contributed by atoms with E-state index in [0.29, 0.717) is 0 Å². The van der Waals surface area contributed by atoms with E-state index >= 15 is 0 Å². The molecule has 0 heterocycles. The van der Waals surface area contributed by atoms with Crippen molar-refractivity contribution in [2.24, 2.45) is 5.92 Å². The highest BCUT2D eigenvalue weighted by Crippen LogP contribution is 2.41. The maximum Gasteiger partial charge on any atom is 0.0939 e. The standard InChI is InChI=1S/C7H10O/c8-7-4-6(7)5-2-1-3-5/h4-5,7-8H,1-3H2. The second-order valence-electron chi connectivity index (χ2n) is 2.74. The molecule has 0 aromatic heterocycles. The van der Waals surface area contributed by atoms with Gasteiger partial charge in [-0.25, -0.2) is 0 Å². The Morgan fingerprint density at radius 2 is 2.12 bits per heavy atom. The minimum absolute atomic E-state index is 0.111. The zero-order valence-corrected chi connectivity index (χ0v) is 4.80. The highest BCUT2D eigenvalue weighted by molar-refractivity contribution is 5.34. The van der Waals surface area contributed by atoms with Crippen LogP contribution < -0.4 is 0 Å². The normalized spacial score (nSPS) is 36.1. The molecule has 0 saturated heterocycles. The largest absolute Gasteiger partial charge is 0.385 e. The Morgan fingerprint density at radius 1 is 1.50 bits per heavy atom. The number of aliphatic hydroxyl groups is 1. The molecule has 0 bridgehead atoms. The van der Waals surface area contributed by atoms with Gasteiger partial charge in [0.05, 0.1) is 6.10 Å². The van der Waals surface area contributed by atoms with Gasteiger partial charge in [-0.15, -0.1) is 0 Å². The van der Waals surface area contributed by atoms with Crippen LogP contribution >= 0.6 is 0 Å². The lowest BCUT2D eigenvalue weighted by Gasteiger charge is -2.22. The molecule has 1 N–H and O–H groups in total. The van der Waals surface area contributed by atoms with Gasteiger partial charge >= 0.3 is 0 Å². The molecule has 1 nitrogen and oxygen atoms in total. The molecule has 1 atom stereocenters. The molecule has 1 heteroatoms. The van der Waals surface area contributed by atoms with E-state index in [4.69, 9.17) is 5.11 Å². The van der Waals surface area contributed by atoms with Gasteiger partial charge in [0.1, 0.15) is 0 Å². The fraction of sp³-hybridized carbons (Fsp3) is 0.714. The van der Waals surface area contributed by atoms with Crippen molar-refractivity contribution in [1.29, 1.82) is 0 Å². The van der Waals surface area contributed by atoms with E-state index in [1.54, 1.807) is 0 Å². The first-order valence-corrected chi connectivity index (χ1v) is 3.27. The van der Waals surface area contributed by atoms with Crippen molar-refractivity contribution in [3.05, 3.63) is 11.6 Å². The van der Waals surface area contributed by atoms with Crippen LogP contribution in [-0.2, 0) is 0 Å². The van der Waals surface area contributed by atoms with Crippen LogP contribution in [0.5, 0.6) is 0 Å². The Bertz CT molecular complexity index is 133. The first-order chi connectivity index (χ1) is 3.88. The van der Waals surface area contributed by atoms with Crippen molar-refractivity contribution < 1.29 is 5.11 Å². The summed E-state index contributed by atoms with van der Waals surface area (Å²) in [6, 6.07) is 0. The Kier molecular flexibility index (Phi) is 0.770. The van der Waals surface area contributed by atoms with Gasteiger partial charge in [-0.05, 0) is 30.4 Å². The summed E-state index contributed by atoms with van der Waals surface area (Å²) in [6.45, 7) is 0. The molecule has 0 spiro atoms. The average molecular weight is 110 g/mol. The van der Waals surface area contributed by atoms with E-state index in [-0.39, 0.29) is 6.10 Å². The van der Waals surface area contributed by atoms with Gasteiger partial charge in [-0.3, -0.25) is 0 Å². The maximum atomic E-state index is 8.87. The third kappa shape index (κ3) is 0.511. The number of aliphatic hydroxyl groups excluding tert-OH is 1. The Morgan fingerprint density at radius 3 is 2.25 bits per heavy atom. The van der Waals surface area contributed by atoms with E-state index < -0.39 is 0 Å². The van der Waals surface area contributed by atoms with Crippen LogP contribution in [0.4, 0.5) is 0 Å². The quantitative estimate of drug-likeness (QED) is 0.501. The Labute approximate surface area is 49.0 Å². The summed E-state index contributed by atoms with van der Waals surface area (Å²) in [6.07, 6.45) is 5.87. The van der Waals surface area contributed by atoms with E-state index in [2.05, 4.69) is 0 Å². The topological polar surface area (TPSA) is 20.2 Å². The van der Waals surface area contributed by atoms with Crippen LogP contribution in [0.3, 0.4) is 0 Å². The average Bonchev–Trinajstić information content (AvgIpc) is 2.13. The molecule has 0 radical (unpaired) electrons. The molecule has 2 rings (SSSR count). The summed E-state index contributed by atoms with van der Waals surface area (Å²) in [5.41, 5.74) is 1.32. The molecule has 0 amide bonds. The van der Waals surface area contributed by atoms with Crippen LogP contribution in [0.25, 0.3) is 0 Å². The first-order valence-electron chi connectivity index (χ1n) is 3.27. The van der Waals surface area contributed by atoms with Crippen LogP contribution in [0, 0.1) is 5.92 Å². The van der Waals surface area contributed by atoms with Crippen molar-refractivity contribution in [2.75, 3.05) is 0 Å². The van der Waals surface area contributed by atoms with Crippen LogP contribution in [0.2, 0.25) is 0 Å². The molecule has 2 aliphatic carbocycles. The highest BCUT2D eigenvalue weighted by atomic mass is 16.3. The molecule has 1 unspecified atom stereocenters. The fourth-order valence-electron chi connectivity index (χ4n) is 1.25. The molecular formula is C7H10O. The number of rotatable bonds is 1. The third-order valence-electron chi connectivity index (χ3n) is 2.16. The van der Waals surface area contributed by atoms with Gasteiger partial charge in [0.15, 0.2) is 0 Å². The monoisotopic (exact) mass is 110 g/mol. The van der Waals surface area contributed by atoms with Crippen LogP contribution in [-0.4, -0.2) is 11.2 Å². The molecule has 0 aromatic rings. The molecule has 44 valence electrons. The molecule has 1 fully saturated rings. The number of hydrogen-bond donors (Lipinski definition) is 1. The zero-order valence-electron chi connectivity index (χ0n) is 4.80. The van der Waals surface area contributed by atoms with Gasteiger partial charge in [-0.1, -0.05) is 6.42 Å². The van der Waals surface area contributed by atoms with Crippen molar-refractivity contribution in [3.63, 3.8) is 0 Å². The summed E-state index contributed by atoms with van der Waals surface area (Å²) in [5, 5.41) is 8.87. The number of hydrogen-bond acceptors (Lipinski definition) is 1. The second kappa shape index (κ2) is 1.35. The second-order valence-corrected chi connectivity index (χ2v) is 2.74. The molecule has 0 aromatic carbocycles. The predicted molar refractivity (Wildman–Crippen MR) is 31.4 cm³/mol. The molecule has 8 heavy (non-hydrogen) atoms. The lowest BCUT2D eigenvalue weighted by atomic mass is 9.83. The van der Waals surface area contributed by atoms with Crippen molar-refractivity contribution >= 4 is 0 Å². The lowest BCUT2D eigenvalue weighted by molar-refractivity contribution is 0.264. The van der Waals surface area contributed by atoms with Crippen molar-refractivity contribution in [3.8, 4) is 0 Å².